The fourth-order valence-electron chi connectivity index (χ4n) is 4.25. The number of hydrogen-bond acceptors (Lipinski definition) is 5. The number of carbonyl (C=O) groups excluding carboxylic acids is 1. The normalized spacial score (nSPS) is 13.3. The van der Waals surface area contributed by atoms with Crippen LogP contribution in [0, 0.1) is 13.8 Å². The molecule has 0 fully saturated rings. The highest BCUT2D eigenvalue weighted by Gasteiger charge is 2.23. The zero-order valence-electron chi connectivity index (χ0n) is 18.7. The molecule has 0 bridgehead atoms. The summed E-state index contributed by atoms with van der Waals surface area (Å²) in [5.74, 6) is 0.285. The first kappa shape index (κ1) is 21.9. The fraction of sp³-hybridized carbons (Fsp3) is 0.269. The number of thiophene rings is 1. The minimum absolute atomic E-state index is 0.0459. The number of nitrogens with zero attached hydrogens (tertiary/aromatic N) is 3. The quantitative estimate of drug-likeness (QED) is 0.294. The van der Waals surface area contributed by atoms with Crippen molar-refractivity contribution in [2.75, 3.05) is 17.2 Å². The van der Waals surface area contributed by atoms with Crippen molar-refractivity contribution in [3.8, 4) is 0 Å². The van der Waals surface area contributed by atoms with E-state index in [1.807, 2.05) is 34.5 Å². The van der Waals surface area contributed by atoms with E-state index < -0.39 is 0 Å². The average Bonchev–Trinajstić information content (AvgIpc) is 3.30. The van der Waals surface area contributed by atoms with Crippen molar-refractivity contribution in [3.05, 3.63) is 86.5 Å². The molecule has 4 aromatic rings. The molecule has 0 saturated heterocycles. The summed E-state index contributed by atoms with van der Waals surface area (Å²) >= 11 is 2.76. The van der Waals surface area contributed by atoms with E-state index in [0.717, 1.165) is 30.6 Å². The van der Waals surface area contributed by atoms with Gasteiger partial charge >= 0.3 is 0 Å². The monoisotopic (exact) mass is 475 g/mol. The highest BCUT2D eigenvalue weighted by molar-refractivity contribution is 7.99. The molecule has 2 aromatic heterocycles. The van der Waals surface area contributed by atoms with Gasteiger partial charge in [-0.25, -0.2) is 4.98 Å². The molecule has 0 unspecified atom stereocenters. The van der Waals surface area contributed by atoms with Crippen molar-refractivity contribution >= 4 is 44.9 Å². The van der Waals surface area contributed by atoms with Crippen LogP contribution >= 0.6 is 23.1 Å². The molecule has 1 aliphatic rings. The van der Waals surface area contributed by atoms with Gasteiger partial charge in [0.1, 0.15) is 4.70 Å². The Hall–Kier alpha value is -2.90. The standard InChI is InChI=1S/C26H25N3O2S2/c1-17-9-10-19(14-18(17)2)15-29-25(31)24-21(11-13-32-24)27-26(29)33-16-23(30)28-12-5-7-20-6-3-4-8-22(20)28/h3-4,6,8-11,13-14H,5,7,12,15-16H2,1-2H3. The Labute approximate surface area is 201 Å². The van der Waals surface area contributed by atoms with Crippen LogP contribution in [0.15, 0.2) is 63.9 Å². The number of thioether (sulfide) groups is 1. The van der Waals surface area contributed by atoms with Crippen LogP contribution in [-0.4, -0.2) is 27.8 Å². The van der Waals surface area contributed by atoms with E-state index in [1.54, 1.807) is 4.57 Å². The third-order valence-corrected chi connectivity index (χ3v) is 8.03. The molecule has 1 amide bonds. The van der Waals surface area contributed by atoms with Crippen molar-refractivity contribution in [1.29, 1.82) is 0 Å². The van der Waals surface area contributed by atoms with Gasteiger partial charge in [0.2, 0.25) is 5.91 Å². The van der Waals surface area contributed by atoms with Gasteiger partial charge in [0.05, 0.1) is 17.8 Å². The van der Waals surface area contributed by atoms with E-state index >= 15 is 0 Å². The van der Waals surface area contributed by atoms with E-state index in [0.29, 0.717) is 21.9 Å². The van der Waals surface area contributed by atoms with Gasteiger partial charge in [-0.2, -0.15) is 0 Å². The number of benzene rings is 2. The molecule has 0 spiro atoms. The molecular weight excluding hydrogens is 450 g/mol. The molecule has 5 rings (SSSR count). The predicted octanol–water partition coefficient (Wildman–Crippen LogP) is 5.19. The first-order chi connectivity index (χ1) is 16.0. The van der Waals surface area contributed by atoms with Gasteiger partial charge in [-0.1, -0.05) is 48.2 Å². The Bertz CT molecular complexity index is 1410. The number of fused-ring (bicyclic) bond motifs is 2. The molecule has 0 radical (unpaired) electrons. The summed E-state index contributed by atoms with van der Waals surface area (Å²) in [6, 6.07) is 16.2. The number of aryl methyl sites for hydroxylation is 3. The Balaban J connectivity index is 1.44. The summed E-state index contributed by atoms with van der Waals surface area (Å²) in [6.07, 6.45) is 1.96. The van der Waals surface area contributed by atoms with Crippen LogP contribution in [0.1, 0.15) is 28.7 Å². The number of aromatic nitrogens is 2. The molecular formula is C26H25N3O2S2. The number of anilines is 1. The van der Waals surface area contributed by atoms with Gasteiger partial charge in [0.15, 0.2) is 5.16 Å². The highest BCUT2D eigenvalue weighted by atomic mass is 32.2. The summed E-state index contributed by atoms with van der Waals surface area (Å²) in [6.45, 7) is 5.32. The molecule has 1 aliphatic heterocycles. The topological polar surface area (TPSA) is 55.2 Å². The Morgan fingerprint density at radius 1 is 1.12 bits per heavy atom. The van der Waals surface area contributed by atoms with Crippen molar-refractivity contribution in [1.82, 2.24) is 9.55 Å². The van der Waals surface area contributed by atoms with Gasteiger partial charge in [-0.15, -0.1) is 11.3 Å². The van der Waals surface area contributed by atoms with Gasteiger partial charge < -0.3 is 4.90 Å². The lowest BCUT2D eigenvalue weighted by Crippen LogP contribution is -2.36. The maximum atomic E-state index is 13.3. The predicted molar refractivity (Wildman–Crippen MR) is 137 cm³/mol. The maximum absolute atomic E-state index is 13.3. The van der Waals surface area contributed by atoms with Crippen molar-refractivity contribution < 1.29 is 4.79 Å². The molecule has 0 aliphatic carbocycles. The Kier molecular flexibility index (Phi) is 6.08. The van der Waals surface area contributed by atoms with Crippen LogP contribution in [0.5, 0.6) is 0 Å². The Morgan fingerprint density at radius 2 is 1.97 bits per heavy atom. The largest absolute Gasteiger partial charge is 0.311 e. The first-order valence-corrected chi connectivity index (χ1v) is 12.9. The van der Waals surface area contributed by atoms with Gasteiger partial charge in [0, 0.05) is 12.2 Å². The lowest BCUT2D eigenvalue weighted by molar-refractivity contribution is -0.116. The molecule has 2 aromatic carbocycles. The molecule has 5 nitrogen and oxygen atoms in total. The zero-order valence-corrected chi connectivity index (χ0v) is 20.3. The van der Waals surface area contributed by atoms with Gasteiger partial charge in [-0.3, -0.25) is 14.2 Å². The third-order valence-electron chi connectivity index (χ3n) is 6.18. The van der Waals surface area contributed by atoms with Crippen LogP contribution in [0.25, 0.3) is 10.2 Å². The third kappa shape index (κ3) is 4.35. The second-order valence-electron chi connectivity index (χ2n) is 8.41. The van der Waals surface area contributed by atoms with E-state index in [2.05, 4.69) is 38.1 Å². The fourth-order valence-corrected chi connectivity index (χ4v) is 5.91. The van der Waals surface area contributed by atoms with E-state index in [4.69, 9.17) is 4.98 Å². The van der Waals surface area contributed by atoms with Gasteiger partial charge in [0.25, 0.3) is 5.56 Å². The van der Waals surface area contributed by atoms with Crippen LogP contribution in [0.4, 0.5) is 5.69 Å². The van der Waals surface area contributed by atoms with E-state index in [1.165, 1.54) is 39.8 Å². The summed E-state index contributed by atoms with van der Waals surface area (Å²) in [4.78, 5) is 33.1. The number of carbonyl (C=O) groups is 1. The summed E-state index contributed by atoms with van der Waals surface area (Å²) in [5, 5.41) is 2.48. The minimum atomic E-state index is -0.0495. The summed E-state index contributed by atoms with van der Waals surface area (Å²) in [5.41, 5.74) is 6.33. The van der Waals surface area contributed by atoms with E-state index in [-0.39, 0.29) is 17.2 Å². The van der Waals surface area contributed by atoms with Crippen LogP contribution in [-0.2, 0) is 17.8 Å². The molecule has 0 saturated carbocycles. The Morgan fingerprint density at radius 3 is 2.82 bits per heavy atom. The second kappa shape index (κ2) is 9.15. The molecule has 7 heteroatoms. The lowest BCUT2D eigenvalue weighted by Gasteiger charge is -2.29. The average molecular weight is 476 g/mol. The smallest absolute Gasteiger partial charge is 0.272 e. The second-order valence-corrected chi connectivity index (χ2v) is 10.3. The number of para-hydroxylation sites is 1. The number of rotatable bonds is 5. The molecule has 168 valence electrons. The van der Waals surface area contributed by atoms with Crippen molar-refractivity contribution in [2.45, 2.75) is 38.4 Å². The number of hydrogen-bond donors (Lipinski definition) is 0. The number of amides is 1. The summed E-state index contributed by atoms with van der Waals surface area (Å²) in [7, 11) is 0. The van der Waals surface area contributed by atoms with Crippen LogP contribution < -0.4 is 10.5 Å². The lowest BCUT2D eigenvalue weighted by atomic mass is 10.0. The summed E-state index contributed by atoms with van der Waals surface area (Å²) < 4.78 is 2.37. The maximum Gasteiger partial charge on any atom is 0.272 e. The van der Waals surface area contributed by atoms with Gasteiger partial charge in [-0.05, 0) is 66.5 Å². The molecule has 0 atom stereocenters. The minimum Gasteiger partial charge on any atom is -0.311 e. The zero-order chi connectivity index (χ0) is 22.9. The van der Waals surface area contributed by atoms with Crippen molar-refractivity contribution in [2.24, 2.45) is 0 Å². The van der Waals surface area contributed by atoms with Crippen LogP contribution in [0.2, 0.25) is 0 Å². The van der Waals surface area contributed by atoms with E-state index in [9.17, 15) is 9.59 Å². The molecule has 0 N–H and O–H groups in total. The first-order valence-electron chi connectivity index (χ1n) is 11.1. The SMILES string of the molecule is Cc1ccc(Cn2c(SCC(=O)N3CCCc4ccccc43)nc3ccsc3c2=O)cc1C. The van der Waals surface area contributed by atoms with Crippen molar-refractivity contribution in [3.63, 3.8) is 0 Å². The highest BCUT2D eigenvalue weighted by Crippen LogP contribution is 2.28. The molecule has 3 heterocycles. The molecule has 33 heavy (non-hydrogen) atoms. The van der Waals surface area contributed by atoms with Crippen LogP contribution in [0.3, 0.4) is 0 Å².